The van der Waals surface area contributed by atoms with Crippen LogP contribution in [0.4, 0.5) is 0 Å². The van der Waals surface area contributed by atoms with Gasteiger partial charge in [-0.1, -0.05) is 43.9 Å². The van der Waals surface area contributed by atoms with Crippen LogP contribution in [0, 0.1) is 5.92 Å². The molecule has 1 aliphatic rings. The maximum absolute atomic E-state index is 10.3. The van der Waals surface area contributed by atoms with Gasteiger partial charge in [-0.15, -0.1) is 11.3 Å². The zero-order chi connectivity index (χ0) is 11.7. The van der Waals surface area contributed by atoms with Gasteiger partial charge in [-0.25, -0.2) is 0 Å². The first-order valence-electron chi connectivity index (χ1n) is 6.49. The molecular formula is C15H18OS. The van der Waals surface area contributed by atoms with E-state index in [-0.39, 0.29) is 6.10 Å². The third-order valence-corrected chi connectivity index (χ3v) is 5.02. The van der Waals surface area contributed by atoms with E-state index in [0.29, 0.717) is 0 Å². The summed E-state index contributed by atoms with van der Waals surface area (Å²) in [5.41, 5.74) is 0. The van der Waals surface area contributed by atoms with Crippen molar-refractivity contribution in [3.05, 3.63) is 35.2 Å². The van der Waals surface area contributed by atoms with Crippen LogP contribution >= 0.6 is 11.3 Å². The van der Waals surface area contributed by atoms with Crippen LogP contribution in [-0.2, 0) is 0 Å². The van der Waals surface area contributed by atoms with Crippen LogP contribution in [0.3, 0.4) is 0 Å². The molecule has 1 aliphatic carbocycles. The Morgan fingerprint density at radius 3 is 2.76 bits per heavy atom. The van der Waals surface area contributed by atoms with E-state index in [4.69, 9.17) is 0 Å². The summed E-state index contributed by atoms with van der Waals surface area (Å²) < 4.78 is 1.29. The highest BCUT2D eigenvalue weighted by molar-refractivity contribution is 7.19. The fourth-order valence-corrected chi connectivity index (χ4v) is 3.91. The number of hydrogen-bond acceptors (Lipinski definition) is 2. The van der Waals surface area contributed by atoms with Gasteiger partial charge >= 0.3 is 0 Å². The largest absolute Gasteiger partial charge is 0.388 e. The van der Waals surface area contributed by atoms with Gasteiger partial charge < -0.3 is 5.11 Å². The number of rotatable bonds is 3. The van der Waals surface area contributed by atoms with Crippen molar-refractivity contribution in [2.24, 2.45) is 5.92 Å². The molecule has 17 heavy (non-hydrogen) atoms. The Labute approximate surface area is 106 Å². The molecule has 1 aromatic heterocycles. The lowest BCUT2D eigenvalue weighted by molar-refractivity contribution is 0.148. The van der Waals surface area contributed by atoms with Crippen LogP contribution in [0.25, 0.3) is 10.1 Å². The van der Waals surface area contributed by atoms with Gasteiger partial charge in [0.2, 0.25) is 0 Å². The van der Waals surface area contributed by atoms with Crippen molar-refractivity contribution >= 4 is 21.4 Å². The third kappa shape index (κ3) is 2.38. The Kier molecular flexibility index (Phi) is 3.17. The van der Waals surface area contributed by atoms with E-state index in [2.05, 4.69) is 30.3 Å². The lowest BCUT2D eigenvalue weighted by Crippen LogP contribution is -2.02. The standard InChI is InChI=1S/C15H18OS/c16-13(9-11-5-1-2-6-11)15-10-12-7-3-4-8-14(12)17-15/h3-4,7-8,10-11,13,16H,1-2,5-6,9H2. The first-order valence-corrected chi connectivity index (χ1v) is 7.31. The van der Waals surface area contributed by atoms with Gasteiger partial charge in [-0.2, -0.15) is 0 Å². The number of aliphatic hydroxyl groups excluding tert-OH is 1. The van der Waals surface area contributed by atoms with Crippen molar-refractivity contribution in [1.82, 2.24) is 0 Å². The van der Waals surface area contributed by atoms with Crippen LogP contribution in [-0.4, -0.2) is 5.11 Å². The van der Waals surface area contributed by atoms with Gasteiger partial charge in [0, 0.05) is 9.58 Å². The number of thiophene rings is 1. The summed E-state index contributed by atoms with van der Waals surface area (Å²) in [6.07, 6.45) is 6.01. The molecule has 1 fully saturated rings. The molecule has 0 saturated heterocycles. The van der Waals surface area contributed by atoms with Crippen molar-refractivity contribution in [1.29, 1.82) is 0 Å². The molecule has 2 heteroatoms. The Hall–Kier alpha value is -0.860. The zero-order valence-corrected chi connectivity index (χ0v) is 10.7. The summed E-state index contributed by atoms with van der Waals surface area (Å²) in [6, 6.07) is 10.5. The zero-order valence-electron chi connectivity index (χ0n) is 9.93. The van der Waals surface area contributed by atoms with Crippen molar-refractivity contribution in [2.45, 2.75) is 38.2 Å². The van der Waals surface area contributed by atoms with Crippen molar-refractivity contribution < 1.29 is 5.11 Å². The number of hydrogen-bond donors (Lipinski definition) is 1. The van der Waals surface area contributed by atoms with Crippen LogP contribution in [0.2, 0.25) is 0 Å². The minimum absolute atomic E-state index is 0.254. The molecule has 1 heterocycles. The molecule has 3 rings (SSSR count). The van der Waals surface area contributed by atoms with E-state index in [0.717, 1.165) is 17.2 Å². The van der Waals surface area contributed by atoms with E-state index in [1.54, 1.807) is 11.3 Å². The predicted molar refractivity (Wildman–Crippen MR) is 73.4 cm³/mol. The summed E-state index contributed by atoms with van der Waals surface area (Å²) in [5.74, 6) is 0.746. The molecule has 90 valence electrons. The second-order valence-corrected chi connectivity index (χ2v) is 6.20. The Morgan fingerprint density at radius 1 is 1.24 bits per heavy atom. The lowest BCUT2D eigenvalue weighted by Gasteiger charge is -2.13. The van der Waals surface area contributed by atoms with Crippen LogP contribution in [0.5, 0.6) is 0 Å². The van der Waals surface area contributed by atoms with Gasteiger partial charge in [0.05, 0.1) is 6.10 Å². The first kappa shape index (κ1) is 11.2. The molecule has 2 aromatic rings. The van der Waals surface area contributed by atoms with Gasteiger partial charge in [-0.3, -0.25) is 0 Å². The second-order valence-electron chi connectivity index (χ2n) is 5.09. The minimum atomic E-state index is -0.254. The van der Waals surface area contributed by atoms with Crippen molar-refractivity contribution in [2.75, 3.05) is 0 Å². The Balaban J connectivity index is 1.77. The fourth-order valence-electron chi connectivity index (χ4n) is 2.84. The van der Waals surface area contributed by atoms with Gasteiger partial charge in [0.25, 0.3) is 0 Å². The molecule has 1 unspecified atom stereocenters. The minimum Gasteiger partial charge on any atom is -0.388 e. The summed E-state index contributed by atoms with van der Waals surface area (Å²) in [7, 11) is 0. The SMILES string of the molecule is OC(CC1CCCC1)c1cc2ccccc2s1. The third-order valence-electron chi connectivity index (χ3n) is 3.80. The smallest absolute Gasteiger partial charge is 0.0885 e. The topological polar surface area (TPSA) is 20.2 Å². The second kappa shape index (κ2) is 4.79. The van der Waals surface area contributed by atoms with E-state index in [1.807, 2.05) is 0 Å². The summed E-state index contributed by atoms with van der Waals surface area (Å²) in [6.45, 7) is 0. The highest BCUT2D eigenvalue weighted by Crippen LogP contribution is 2.36. The predicted octanol–water partition coefficient (Wildman–Crippen LogP) is 4.52. The Bertz CT molecular complexity index is 463. The average molecular weight is 246 g/mol. The highest BCUT2D eigenvalue weighted by atomic mass is 32.1. The van der Waals surface area contributed by atoms with Crippen molar-refractivity contribution in [3.63, 3.8) is 0 Å². The monoisotopic (exact) mass is 246 g/mol. The molecule has 1 N–H and O–H groups in total. The fraction of sp³-hybridized carbons (Fsp3) is 0.467. The highest BCUT2D eigenvalue weighted by Gasteiger charge is 2.20. The lowest BCUT2D eigenvalue weighted by atomic mass is 9.99. The van der Waals surface area contributed by atoms with Crippen molar-refractivity contribution in [3.8, 4) is 0 Å². The molecule has 0 aliphatic heterocycles. The van der Waals surface area contributed by atoms with Crippen LogP contribution in [0.15, 0.2) is 30.3 Å². The molecule has 0 radical (unpaired) electrons. The van der Waals surface area contributed by atoms with Gasteiger partial charge in [0.1, 0.15) is 0 Å². The van der Waals surface area contributed by atoms with E-state index in [1.165, 1.54) is 35.8 Å². The maximum atomic E-state index is 10.3. The molecule has 1 atom stereocenters. The Morgan fingerprint density at radius 2 is 2.00 bits per heavy atom. The number of fused-ring (bicyclic) bond motifs is 1. The normalized spacial score (nSPS) is 18.9. The van der Waals surface area contributed by atoms with E-state index >= 15 is 0 Å². The van der Waals surface area contributed by atoms with Crippen LogP contribution < -0.4 is 0 Å². The summed E-state index contributed by atoms with van der Waals surface area (Å²) in [4.78, 5) is 1.14. The van der Waals surface area contributed by atoms with Crippen LogP contribution in [0.1, 0.15) is 43.1 Å². The number of aliphatic hydroxyl groups is 1. The molecule has 1 saturated carbocycles. The summed E-state index contributed by atoms with van der Waals surface area (Å²) >= 11 is 1.74. The summed E-state index contributed by atoms with van der Waals surface area (Å²) in [5, 5.41) is 11.6. The molecule has 0 amide bonds. The first-order chi connectivity index (χ1) is 8.33. The molecular weight excluding hydrogens is 228 g/mol. The quantitative estimate of drug-likeness (QED) is 0.844. The molecule has 0 bridgehead atoms. The van der Waals surface area contributed by atoms with Gasteiger partial charge in [0.15, 0.2) is 0 Å². The number of benzene rings is 1. The molecule has 0 spiro atoms. The average Bonchev–Trinajstić information content (AvgIpc) is 2.96. The molecule has 1 aromatic carbocycles. The van der Waals surface area contributed by atoms with Gasteiger partial charge in [-0.05, 0) is 29.9 Å². The van der Waals surface area contributed by atoms with E-state index < -0.39 is 0 Å². The van der Waals surface area contributed by atoms with E-state index in [9.17, 15) is 5.11 Å². The molecule has 1 nitrogen and oxygen atoms in total. The maximum Gasteiger partial charge on any atom is 0.0885 e.